The van der Waals surface area contributed by atoms with Gasteiger partial charge in [0.2, 0.25) is 0 Å². The second-order valence-corrected chi connectivity index (χ2v) is 3.62. The number of aromatic amines is 1. The first-order chi connectivity index (χ1) is 7.76. The summed E-state index contributed by atoms with van der Waals surface area (Å²) >= 11 is 0. The van der Waals surface area contributed by atoms with Gasteiger partial charge in [0.15, 0.2) is 11.5 Å². The highest BCUT2D eigenvalue weighted by atomic mass is 16.5. The highest BCUT2D eigenvalue weighted by molar-refractivity contribution is 5.69. The molecule has 0 fully saturated rings. The van der Waals surface area contributed by atoms with Crippen molar-refractivity contribution in [2.24, 2.45) is 0 Å². The summed E-state index contributed by atoms with van der Waals surface area (Å²) < 4.78 is 10.5. The first-order valence-electron chi connectivity index (χ1n) is 5.12. The van der Waals surface area contributed by atoms with Crippen LogP contribution in [-0.4, -0.2) is 19.2 Å². The standard InChI is InChI=1S/C13H15NO2/c1-9-7-14-8-11(9)10-4-5-12(15-2)13(6-10)16-3/h4-8,14H,1-3H3. The Kier molecular flexibility index (Phi) is 2.86. The quantitative estimate of drug-likeness (QED) is 0.857. The van der Waals surface area contributed by atoms with Crippen molar-refractivity contribution in [2.45, 2.75) is 6.92 Å². The predicted octanol–water partition coefficient (Wildman–Crippen LogP) is 3.01. The number of hydrogen-bond acceptors (Lipinski definition) is 2. The number of rotatable bonds is 3. The van der Waals surface area contributed by atoms with Gasteiger partial charge in [0.25, 0.3) is 0 Å². The van der Waals surface area contributed by atoms with Gasteiger partial charge in [-0.15, -0.1) is 0 Å². The van der Waals surface area contributed by atoms with Crippen LogP contribution in [0, 0.1) is 6.92 Å². The van der Waals surface area contributed by atoms with E-state index in [9.17, 15) is 0 Å². The molecule has 3 nitrogen and oxygen atoms in total. The smallest absolute Gasteiger partial charge is 0.161 e. The van der Waals surface area contributed by atoms with Crippen LogP contribution >= 0.6 is 0 Å². The van der Waals surface area contributed by atoms with Gasteiger partial charge in [-0.05, 0) is 30.2 Å². The summed E-state index contributed by atoms with van der Waals surface area (Å²) in [4.78, 5) is 3.09. The number of ether oxygens (including phenoxy) is 2. The van der Waals surface area contributed by atoms with E-state index in [1.165, 1.54) is 11.1 Å². The molecule has 2 rings (SSSR count). The Morgan fingerprint density at radius 2 is 1.75 bits per heavy atom. The van der Waals surface area contributed by atoms with E-state index in [0.29, 0.717) is 0 Å². The van der Waals surface area contributed by atoms with Crippen LogP contribution in [-0.2, 0) is 0 Å². The van der Waals surface area contributed by atoms with Crippen LogP contribution in [0.3, 0.4) is 0 Å². The maximum Gasteiger partial charge on any atom is 0.161 e. The molecular weight excluding hydrogens is 202 g/mol. The number of methoxy groups -OCH3 is 2. The van der Waals surface area contributed by atoms with Gasteiger partial charge in [-0.3, -0.25) is 0 Å². The summed E-state index contributed by atoms with van der Waals surface area (Å²) in [5.41, 5.74) is 3.52. The highest BCUT2D eigenvalue weighted by Crippen LogP contribution is 2.33. The van der Waals surface area contributed by atoms with Crippen LogP contribution in [0.5, 0.6) is 11.5 Å². The summed E-state index contributed by atoms with van der Waals surface area (Å²) in [5.74, 6) is 1.50. The van der Waals surface area contributed by atoms with Crippen LogP contribution < -0.4 is 9.47 Å². The molecule has 0 aliphatic rings. The van der Waals surface area contributed by atoms with Gasteiger partial charge in [0.05, 0.1) is 14.2 Å². The minimum absolute atomic E-state index is 0.749. The SMILES string of the molecule is COc1ccc(-c2c[nH]cc2C)cc1OC. The Labute approximate surface area is 95.0 Å². The van der Waals surface area contributed by atoms with E-state index in [1.54, 1.807) is 14.2 Å². The Morgan fingerprint density at radius 3 is 2.31 bits per heavy atom. The van der Waals surface area contributed by atoms with E-state index in [-0.39, 0.29) is 0 Å². The van der Waals surface area contributed by atoms with Gasteiger partial charge in [-0.2, -0.15) is 0 Å². The van der Waals surface area contributed by atoms with Gasteiger partial charge >= 0.3 is 0 Å². The van der Waals surface area contributed by atoms with E-state index < -0.39 is 0 Å². The maximum atomic E-state index is 5.28. The zero-order chi connectivity index (χ0) is 11.5. The van der Waals surface area contributed by atoms with E-state index in [2.05, 4.69) is 11.9 Å². The van der Waals surface area contributed by atoms with Gasteiger partial charge in [-0.1, -0.05) is 6.07 Å². The molecule has 1 N–H and O–H groups in total. The minimum Gasteiger partial charge on any atom is -0.493 e. The molecule has 0 radical (unpaired) electrons. The molecule has 1 aromatic carbocycles. The van der Waals surface area contributed by atoms with Gasteiger partial charge in [0, 0.05) is 18.0 Å². The Balaban J connectivity index is 2.48. The first kappa shape index (κ1) is 10.6. The predicted molar refractivity (Wildman–Crippen MR) is 64.1 cm³/mol. The third-order valence-electron chi connectivity index (χ3n) is 2.65. The fourth-order valence-corrected chi connectivity index (χ4v) is 1.76. The maximum absolute atomic E-state index is 5.28. The third kappa shape index (κ3) is 1.76. The average Bonchev–Trinajstić information content (AvgIpc) is 2.74. The van der Waals surface area contributed by atoms with Crippen molar-refractivity contribution in [1.29, 1.82) is 0 Å². The van der Waals surface area contributed by atoms with Crippen LogP contribution in [0.15, 0.2) is 30.6 Å². The van der Waals surface area contributed by atoms with Crippen LogP contribution in [0.2, 0.25) is 0 Å². The van der Waals surface area contributed by atoms with Gasteiger partial charge < -0.3 is 14.5 Å². The molecule has 0 spiro atoms. The number of benzene rings is 1. The lowest BCUT2D eigenvalue weighted by Crippen LogP contribution is -1.90. The highest BCUT2D eigenvalue weighted by Gasteiger charge is 2.07. The van der Waals surface area contributed by atoms with E-state index in [1.807, 2.05) is 30.6 Å². The van der Waals surface area contributed by atoms with Crippen molar-refractivity contribution >= 4 is 0 Å². The Morgan fingerprint density at radius 1 is 1.00 bits per heavy atom. The fraction of sp³-hybridized carbons (Fsp3) is 0.231. The number of hydrogen-bond donors (Lipinski definition) is 1. The number of aromatic nitrogens is 1. The number of H-pyrrole nitrogens is 1. The summed E-state index contributed by atoms with van der Waals surface area (Å²) in [6, 6.07) is 5.92. The van der Waals surface area contributed by atoms with Crippen molar-refractivity contribution in [2.75, 3.05) is 14.2 Å². The molecule has 0 aliphatic carbocycles. The van der Waals surface area contributed by atoms with E-state index in [4.69, 9.17) is 9.47 Å². The summed E-state index contributed by atoms with van der Waals surface area (Å²) in [6.45, 7) is 2.07. The largest absolute Gasteiger partial charge is 0.493 e. The molecule has 0 saturated carbocycles. The molecule has 16 heavy (non-hydrogen) atoms. The summed E-state index contributed by atoms with van der Waals surface area (Å²) in [5, 5.41) is 0. The molecule has 1 aromatic heterocycles. The molecule has 84 valence electrons. The topological polar surface area (TPSA) is 34.2 Å². The van der Waals surface area contributed by atoms with Crippen molar-refractivity contribution < 1.29 is 9.47 Å². The lowest BCUT2D eigenvalue weighted by atomic mass is 10.1. The first-order valence-corrected chi connectivity index (χ1v) is 5.12. The zero-order valence-electron chi connectivity index (χ0n) is 9.70. The van der Waals surface area contributed by atoms with E-state index >= 15 is 0 Å². The van der Waals surface area contributed by atoms with Crippen molar-refractivity contribution in [3.8, 4) is 22.6 Å². The molecule has 0 amide bonds. The lowest BCUT2D eigenvalue weighted by Gasteiger charge is -2.09. The van der Waals surface area contributed by atoms with Crippen molar-refractivity contribution in [3.63, 3.8) is 0 Å². The molecule has 0 atom stereocenters. The van der Waals surface area contributed by atoms with Crippen LogP contribution in [0.25, 0.3) is 11.1 Å². The second-order valence-electron chi connectivity index (χ2n) is 3.62. The molecule has 2 aromatic rings. The monoisotopic (exact) mass is 217 g/mol. The van der Waals surface area contributed by atoms with Crippen LogP contribution in [0.1, 0.15) is 5.56 Å². The van der Waals surface area contributed by atoms with E-state index in [0.717, 1.165) is 17.1 Å². The molecule has 0 unspecified atom stereocenters. The number of aryl methyl sites for hydroxylation is 1. The molecule has 1 heterocycles. The van der Waals surface area contributed by atoms with Gasteiger partial charge in [0.1, 0.15) is 0 Å². The van der Waals surface area contributed by atoms with Crippen molar-refractivity contribution in [3.05, 3.63) is 36.2 Å². The second kappa shape index (κ2) is 4.31. The Hall–Kier alpha value is -1.90. The normalized spacial score (nSPS) is 10.2. The minimum atomic E-state index is 0.749. The third-order valence-corrected chi connectivity index (χ3v) is 2.65. The van der Waals surface area contributed by atoms with Gasteiger partial charge in [-0.25, -0.2) is 0 Å². The summed E-state index contributed by atoms with van der Waals surface area (Å²) in [7, 11) is 3.28. The Bertz CT molecular complexity index is 488. The molecule has 0 bridgehead atoms. The fourth-order valence-electron chi connectivity index (χ4n) is 1.76. The molecule has 0 saturated heterocycles. The molecular formula is C13H15NO2. The summed E-state index contributed by atoms with van der Waals surface area (Å²) in [6.07, 6.45) is 3.96. The molecule has 0 aliphatic heterocycles. The lowest BCUT2D eigenvalue weighted by molar-refractivity contribution is 0.355. The van der Waals surface area contributed by atoms with Crippen molar-refractivity contribution in [1.82, 2.24) is 4.98 Å². The van der Waals surface area contributed by atoms with Crippen LogP contribution in [0.4, 0.5) is 0 Å². The zero-order valence-corrected chi connectivity index (χ0v) is 9.70. The average molecular weight is 217 g/mol. The number of nitrogens with one attached hydrogen (secondary N) is 1. The molecule has 3 heteroatoms.